The molecule has 1 aromatic carbocycles. The lowest BCUT2D eigenvalue weighted by atomic mass is 10.1. The standard InChI is InChI=1S/C13H10BrClOS/c1-8-2-4-10(11(14)6-8)12(16)7-9-3-5-13(15)17-9/h2-6H,7H2,1H3. The van der Waals surface area contributed by atoms with Gasteiger partial charge in [0.25, 0.3) is 0 Å². The van der Waals surface area contributed by atoms with E-state index >= 15 is 0 Å². The minimum absolute atomic E-state index is 0.107. The van der Waals surface area contributed by atoms with Crippen molar-refractivity contribution in [2.45, 2.75) is 13.3 Å². The fourth-order valence-corrected chi connectivity index (χ4v) is 3.35. The van der Waals surface area contributed by atoms with Gasteiger partial charge in [0.2, 0.25) is 0 Å². The summed E-state index contributed by atoms with van der Waals surface area (Å²) in [5.41, 5.74) is 1.85. The zero-order valence-corrected chi connectivity index (χ0v) is 12.3. The maximum Gasteiger partial charge on any atom is 0.169 e. The Labute approximate surface area is 118 Å². The van der Waals surface area contributed by atoms with Gasteiger partial charge in [-0.1, -0.05) is 33.6 Å². The fraction of sp³-hybridized carbons (Fsp3) is 0.154. The van der Waals surface area contributed by atoms with E-state index in [1.54, 1.807) is 0 Å². The van der Waals surface area contributed by atoms with Crippen molar-refractivity contribution in [3.8, 4) is 0 Å². The molecule has 0 aliphatic heterocycles. The third-order valence-corrected chi connectivity index (χ3v) is 4.28. The Hall–Kier alpha value is -0.640. The number of carbonyl (C=O) groups is 1. The average molecular weight is 330 g/mol. The molecule has 0 radical (unpaired) electrons. The second kappa shape index (κ2) is 5.34. The van der Waals surface area contributed by atoms with E-state index in [0.717, 1.165) is 24.8 Å². The van der Waals surface area contributed by atoms with Crippen LogP contribution in [0.3, 0.4) is 0 Å². The molecule has 0 atom stereocenters. The normalized spacial score (nSPS) is 10.5. The number of benzene rings is 1. The second-order valence-electron chi connectivity index (χ2n) is 3.79. The third-order valence-electron chi connectivity index (χ3n) is 2.39. The first-order valence-corrected chi connectivity index (χ1v) is 7.08. The van der Waals surface area contributed by atoms with E-state index in [4.69, 9.17) is 11.6 Å². The molecule has 17 heavy (non-hydrogen) atoms. The van der Waals surface area contributed by atoms with E-state index in [2.05, 4.69) is 15.9 Å². The van der Waals surface area contributed by atoms with E-state index < -0.39 is 0 Å². The summed E-state index contributed by atoms with van der Waals surface area (Å²) >= 11 is 10.7. The van der Waals surface area contributed by atoms with Crippen LogP contribution in [0.25, 0.3) is 0 Å². The number of ketones is 1. The molecule has 0 saturated carbocycles. The lowest BCUT2D eigenvalue weighted by molar-refractivity contribution is 0.0993. The van der Waals surface area contributed by atoms with Crippen LogP contribution in [0.4, 0.5) is 0 Å². The number of hydrogen-bond acceptors (Lipinski definition) is 2. The van der Waals surface area contributed by atoms with Crippen molar-refractivity contribution in [2.75, 3.05) is 0 Å². The molecule has 0 aliphatic carbocycles. The van der Waals surface area contributed by atoms with Crippen molar-refractivity contribution in [2.24, 2.45) is 0 Å². The van der Waals surface area contributed by atoms with Crippen LogP contribution in [0.15, 0.2) is 34.8 Å². The molecule has 0 aliphatic rings. The summed E-state index contributed by atoms with van der Waals surface area (Å²) in [6.07, 6.45) is 0.402. The zero-order chi connectivity index (χ0) is 12.4. The molecule has 1 nitrogen and oxygen atoms in total. The number of hydrogen-bond donors (Lipinski definition) is 0. The summed E-state index contributed by atoms with van der Waals surface area (Å²) in [5, 5.41) is 0. The molecule has 0 unspecified atom stereocenters. The van der Waals surface area contributed by atoms with Gasteiger partial charge in [-0.15, -0.1) is 11.3 Å². The highest BCUT2D eigenvalue weighted by Crippen LogP contribution is 2.25. The fourth-order valence-electron chi connectivity index (χ4n) is 1.55. The van der Waals surface area contributed by atoms with Crippen molar-refractivity contribution in [1.82, 2.24) is 0 Å². The minimum Gasteiger partial charge on any atom is -0.294 e. The van der Waals surface area contributed by atoms with Crippen molar-refractivity contribution in [3.63, 3.8) is 0 Å². The van der Waals surface area contributed by atoms with E-state index in [1.165, 1.54) is 11.3 Å². The van der Waals surface area contributed by atoms with Gasteiger partial charge in [0.05, 0.1) is 4.34 Å². The lowest BCUT2D eigenvalue weighted by Gasteiger charge is -2.03. The molecule has 2 aromatic rings. The van der Waals surface area contributed by atoms with Gasteiger partial charge < -0.3 is 0 Å². The van der Waals surface area contributed by atoms with E-state index in [-0.39, 0.29) is 5.78 Å². The van der Waals surface area contributed by atoms with E-state index in [9.17, 15) is 4.79 Å². The Kier molecular flexibility index (Phi) is 4.02. The van der Waals surface area contributed by atoms with Crippen LogP contribution in [0, 0.1) is 6.92 Å². The SMILES string of the molecule is Cc1ccc(C(=O)Cc2ccc(Cl)s2)c(Br)c1. The first-order valence-electron chi connectivity index (χ1n) is 5.10. The van der Waals surface area contributed by atoms with Gasteiger partial charge in [-0.25, -0.2) is 0 Å². The van der Waals surface area contributed by atoms with Gasteiger partial charge in [-0.3, -0.25) is 4.79 Å². The van der Waals surface area contributed by atoms with Gasteiger partial charge in [0, 0.05) is 21.3 Å². The lowest BCUT2D eigenvalue weighted by Crippen LogP contribution is -2.03. The zero-order valence-electron chi connectivity index (χ0n) is 9.17. The molecule has 0 fully saturated rings. The topological polar surface area (TPSA) is 17.1 Å². The molecule has 4 heteroatoms. The van der Waals surface area contributed by atoms with Crippen LogP contribution < -0.4 is 0 Å². The first-order chi connectivity index (χ1) is 8.06. The van der Waals surface area contributed by atoms with Crippen LogP contribution in [0.1, 0.15) is 20.8 Å². The maximum absolute atomic E-state index is 12.1. The molecule has 88 valence electrons. The summed E-state index contributed by atoms with van der Waals surface area (Å²) in [4.78, 5) is 13.1. The molecule has 0 N–H and O–H groups in total. The van der Waals surface area contributed by atoms with Gasteiger partial charge >= 0.3 is 0 Å². The molecule has 0 bridgehead atoms. The number of aryl methyl sites for hydroxylation is 1. The third kappa shape index (κ3) is 3.18. The van der Waals surface area contributed by atoms with Crippen molar-refractivity contribution >= 4 is 44.7 Å². The largest absolute Gasteiger partial charge is 0.294 e. The number of rotatable bonds is 3. The number of halogens is 2. The Bertz CT molecular complexity index is 562. The highest BCUT2D eigenvalue weighted by atomic mass is 79.9. The molecule has 0 amide bonds. The number of thiophene rings is 1. The highest BCUT2D eigenvalue weighted by Gasteiger charge is 2.12. The van der Waals surface area contributed by atoms with Gasteiger partial charge in [-0.05, 0) is 36.8 Å². The average Bonchev–Trinajstić information content (AvgIpc) is 2.63. The molecule has 0 saturated heterocycles. The molecule has 0 spiro atoms. The second-order valence-corrected chi connectivity index (χ2v) is 6.44. The molecular formula is C13H10BrClOS. The molecule has 1 aromatic heterocycles. The van der Waals surface area contributed by atoms with E-state index in [0.29, 0.717) is 6.42 Å². The summed E-state index contributed by atoms with van der Waals surface area (Å²) in [6.45, 7) is 2.00. The summed E-state index contributed by atoms with van der Waals surface area (Å²) in [5.74, 6) is 0.107. The monoisotopic (exact) mass is 328 g/mol. The maximum atomic E-state index is 12.1. The predicted molar refractivity (Wildman–Crippen MR) is 76.2 cm³/mol. The molecule has 2 rings (SSSR count). The minimum atomic E-state index is 0.107. The van der Waals surface area contributed by atoms with Crippen LogP contribution in [0.2, 0.25) is 4.34 Å². The van der Waals surface area contributed by atoms with E-state index in [1.807, 2.05) is 37.3 Å². The van der Waals surface area contributed by atoms with Gasteiger partial charge in [0.1, 0.15) is 0 Å². The Morgan fingerprint density at radius 3 is 2.71 bits per heavy atom. The van der Waals surface area contributed by atoms with Crippen LogP contribution in [-0.2, 0) is 6.42 Å². The van der Waals surface area contributed by atoms with Gasteiger partial charge in [0.15, 0.2) is 5.78 Å². The van der Waals surface area contributed by atoms with Crippen molar-refractivity contribution in [3.05, 3.63) is 55.1 Å². The Morgan fingerprint density at radius 2 is 2.12 bits per heavy atom. The molecular weight excluding hydrogens is 320 g/mol. The Balaban J connectivity index is 2.20. The first kappa shape index (κ1) is 12.8. The van der Waals surface area contributed by atoms with Crippen LogP contribution in [-0.4, -0.2) is 5.78 Å². The van der Waals surface area contributed by atoms with Crippen molar-refractivity contribution in [1.29, 1.82) is 0 Å². The van der Waals surface area contributed by atoms with Gasteiger partial charge in [-0.2, -0.15) is 0 Å². The highest BCUT2D eigenvalue weighted by molar-refractivity contribution is 9.10. The Morgan fingerprint density at radius 1 is 1.35 bits per heavy atom. The summed E-state index contributed by atoms with van der Waals surface area (Å²) in [6, 6.07) is 9.47. The quantitative estimate of drug-likeness (QED) is 0.732. The molecule has 1 heterocycles. The number of Topliss-reactive ketones (excluding diaryl/α,β-unsaturated/α-hetero) is 1. The van der Waals surface area contributed by atoms with Crippen LogP contribution >= 0.6 is 38.9 Å². The van der Waals surface area contributed by atoms with Crippen molar-refractivity contribution < 1.29 is 4.79 Å². The van der Waals surface area contributed by atoms with Crippen LogP contribution in [0.5, 0.6) is 0 Å². The summed E-state index contributed by atoms with van der Waals surface area (Å²) in [7, 11) is 0. The smallest absolute Gasteiger partial charge is 0.169 e. The number of carbonyl (C=O) groups excluding carboxylic acids is 1. The summed E-state index contributed by atoms with van der Waals surface area (Å²) < 4.78 is 1.57. The predicted octanol–water partition coefficient (Wildman–Crippen LogP) is 4.90.